The molecule has 1 aliphatic rings. The van der Waals surface area contributed by atoms with E-state index in [4.69, 9.17) is 9.47 Å². The fourth-order valence-electron chi connectivity index (χ4n) is 1.99. The van der Waals surface area contributed by atoms with Crippen LogP contribution in [-0.2, 0) is 0 Å². The zero-order valence-electron chi connectivity index (χ0n) is 11.2. The van der Waals surface area contributed by atoms with Gasteiger partial charge in [-0.05, 0) is 20.0 Å². The molecule has 1 aromatic rings. The molecule has 2 rings (SSSR count). The van der Waals surface area contributed by atoms with Crippen LogP contribution in [0.3, 0.4) is 0 Å². The number of rotatable bonds is 3. The van der Waals surface area contributed by atoms with Gasteiger partial charge in [0, 0.05) is 19.6 Å². The number of aromatic nitrogens is 2. The van der Waals surface area contributed by atoms with Gasteiger partial charge in [-0.2, -0.15) is 9.97 Å². The average molecular weight is 252 g/mol. The Balaban J connectivity index is 2.20. The van der Waals surface area contributed by atoms with Crippen LogP contribution in [0.5, 0.6) is 11.8 Å². The molecule has 100 valence electrons. The van der Waals surface area contributed by atoms with E-state index in [1.54, 1.807) is 20.3 Å². The molecule has 0 unspecified atom stereocenters. The Bertz CT molecular complexity index is 377. The number of nitrogens with zero attached hydrogens (tertiary/aromatic N) is 4. The highest BCUT2D eigenvalue weighted by molar-refractivity contribution is 5.36. The standard InChI is InChI=1S/C12H20N4O2/c1-15-5-4-6-16(8-7-15)12-13-10(17-2)9-11(14-12)18-3/h9H,4-8H2,1-3H3. The number of ether oxygens (including phenoxy) is 2. The van der Waals surface area contributed by atoms with Crippen LogP contribution in [0.15, 0.2) is 6.07 Å². The lowest BCUT2D eigenvalue weighted by molar-refractivity contribution is 0.359. The molecule has 1 saturated heterocycles. The van der Waals surface area contributed by atoms with Crippen molar-refractivity contribution in [3.63, 3.8) is 0 Å². The molecule has 0 N–H and O–H groups in total. The summed E-state index contributed by atoms with van der Waals surface area (Å²) in [6.45, 7) is 4.01. The molecule has 2 heterocycles. The van der Waals surface area contributed by atoms with E-state index in [1.165, 1.54) is 0 Å². The first-order chi connectivity index (χ1) is 8.72. The molecule has 1 fully saturated rings. The maximum Gasteiger partial charge on any atom is 0.232 e. The summed E-state index contributed by atoms with van der Waals surface area (Å²) in [5, 5.41) is 0. The molecule has 0 bridgehead atoms. The maximum absolute atomic E-state index is 5.17. The van der Waals surface area contributed by atoms with E-state index >= 15 is 0 Å². The molecule has 1 aromatic heterocycles. The van der Waals surface area contributed by atoms with Gasteiger partial charge in [-0.1, -0.05) is 0 Å². The third-order valence-corrected chi connectivity index (χ3v) is 3.09. The first-order valence-corrected chi connectivity index (χ1v) is 6.13. The second-order valence-corrected chi connectivity index (χ2v) is 4.40. The molecule has 0 spiro atoms. The molecule has 18 heavy (non-hydrogen) atoms. The molecule has 1 aliphatic heterocycles. The lowest BCUT2D eigenvalue weighted by Gasteiger charge is -2.21. The minimum Gasteiger partial charge on any atom is -0.481 e. The highest BCUT2D eigenvalue weighted by Crippen LogP contribution is 2.20. The molecule has 0 aliphatic carbocycles. The highest BCUT2D eigenvalue weighted by atomic mass is 16.5. The molecule has 0 aromatic carbocycles. The Labute approximate surface area is 108 Å². The van der Waals surface area contributed by atoms with Gasteiger partial charge in [0.2, 0.25) is 17.7 Å². The van der Waals surface area contributed by atoms with Gasteiger partial charge in [-0.25, -0.2) is 0 Å². The Hall–Kier alpha value is -1.56. The molecule has 0 amide bonds. The van der Waals surface area contributed by atoms with E-state index in [9.17, 15) is 0 Å². The molecular formula is C12H20N4O2. The molecule has 0 saturated carbocycles. The number of anilines is 1. The fourth-order valence-corrected chi connectivity index (χ4v) is 1.99. The van der Waals surface area contributed by atoms with E-state index in [0.717, 1.165) is 32.6 Å². The van der Waals surface area contributed by atoms with Crippen molar-refractivity contribution in [1.82, 2.24) is 14.9 Å². The minimum absolute atomic E-state index is 0.537. The van der Waals surface area contributed by atoms with Crippen LogP contribution < -0.4 is 14.4 Å². The molecular weight excluding hydrogens is 232 g/mol. The smallest absolute Gasteiger partial charge is 0.232 e. The topological polar surface area (TPSA) is 50.7 Å². The maximum atomic E-state index is 5.17. The Morgan fingerprint density at radius 3 is 2.28 bits per heavy atom. The van der Waals surface area contributed by atoms with Gasteiger partial charge >= 0.3 is 0 Å². The minimum atomic E-state index is 0.537. The Morgan fingerprint density at radius 1 is 1.00 bits per heavy atom. The van der Waals surface area contributed by atoms with Gasteiger partial charge in [0.15, 0.2) is 0 Å². The first-order valence-electron chi connectivity index (χ1n) is 6.13. The number of methoxy groups -OCH3 is 2. The van der Waals surface area contributed by atoms with Gasteiger partial charge in [-0.15, -0.1) is 0 Å². The third-order valence-electron chi connectivity index (χ3n) is 3.09. The van der Waals surface area contributed by atoms with Crippen molar-refractivity contribution in [3.05, 3.63) is 6.07 Å². The number of hydrogen-bond acceptors (Lipinski definition) is 6. The quantitative estimate of drug-likeness (QED) is 0.786. The Morgan fingerprint density at radius 2 is 1.67 bits per heavy atom. The van der Waals surface area contributed by atoms with Gasteiger partial charge in [-0.3, -0.25) is 0 Å². The van der Waals surface area contributed by atoms with E-state index in [1.807, 2.05) is 0 Å². The average Bonchev–Trinajstić information content (AvgIpc) is 2.63. The molecule has 0 atom stereocenters. The number of likely N-dealkylation sites (N-methyl/N-ethyl adjacent to an activating group) is 1. The van der Waals surface area contributed by atoms with Crippen LogP contribution >= 0.6 is 0 Å². The van der Waals surface area contributed by atoms with E-state index in [-0.39, 0.29) is 0 Å². The monoisotopic (exact) mass is 252 g/mol. The van der Waals surface area contributed by atoms with Crippen molar-refractivity contribution in [2.24, 2.45) is 0 Å². The van der Waals surface area contributed by atoms with E-state index in [2.05, 4.69) is 26.8 Å². The lowest BCUT2D eigenvalue weighted by atomic mass is 10.4. The van der Waals surface area contributed by atoms with E-state index < -0.39 is 0 Å². The summed E-state index contributed by atoms with van der Waals surface area (Å²) in [4.78, 5) is 13.3. The van der Waals surface area contributed by atoms with Crippen LogP contribution in [0, 0.1) is 0 Å². The predicted molar refractivity (Wildman–Crippen MR) is 69.5 cm³/mol. The molecule has 0 radical (unpaired) electrons. The van der Waals surface area contributed by atoms with Crippen LogP contribution in [-0.4, -0.2) is 62.3 Å². The summed E-state index contributed by atoms with van der Waals surface area (Å²) < 4.78 is 10.3. The van der Waals surface area contributed by atoms with Crippen LogP contribution in [0.2, 0.25) is 0 Å². The zero-order valence-corrected chi connectivity index (χ0v) is 11.2. The fraction of sp³-hybridized carbons (Fsp3) is 0.667. The van der Waals surface area contributed by atoms with Gasteiger partial charge in [0.25, 0.3) is 0 Å². The van der Waals surface area contributed by atoms with Crippen molar-refractivity contribution in [1.29, 1.82) is 0 Å². The summed E-state index contributed by atoms with van der Waals surface area (Å²) in [5.74, 6) is 1.76. The summed E-state index contributed by atoms with van der Waals surface area (Å²) in [5.41, 5.74) is 0. The van der Waals surface area contributed by atoms with Crippen molar-refractivity contribution in [2.45, 2.75) is 6.42 Å². The summed E-state index contributed by atoms with van der Waals surface area (Å²) in [7, 11) is 5.33. The summed E-state index contributed by atoms with van der Waals surface area (Å²) in [6, 6.07) is 1.69. The van der Waals surface area contributed by atoms with Crippen molar-refractivity contribution >= 4 is 5.95 Å². The highest BCUT2D eigenvalue weighted by Gasteiger charge is 2.16. The molecule has 6 nitrogen and oxygen atoms in total. The normalized spacial score (nSPS) is 17.4. The second kappa shape index (κ2) is 5.86. The van der Waals surface area contributed by atoms with E-state index in [0.29, 0.717) is 17.7 Å². The second-order valence-electron chi connectivity index (χ2n) is 4.40. The van der Waals surface area contributed by atoms with Crippen molar-refractivity contribution in [2.75, 3.05) is 52.3 Å². The van der Waals surface area contributed by atoms with Gasteiger partial charge in [0.1, 0.15) is 0 Å². The third kappa shape index (κ3) is 3.01. The van der Waals surface area contributed by atoms with Gasteiger partial charge < -0.3 is 19.3 Å². The van der Waals surface area contributed by atoms with Crippen LogP contribution in [0.25, 0.3) is 0 Å². The Kier molecular flexibility index (Phi) is 4.19. The summed E-state index contributed by atoms with van der Waals surface area (Å²) in [6.07, 6.45) is 1.11. The van der Waals surface area contributed by atoms with Gasteiger partial charge in [0.05, 0.1) is 20.3 Å². The summed E-state index contributed by atoms with van der Waals surface area (Å²) >= 11 is 0. The van der Waals surface area contributed by atoms with Crippen LogP contribution in [0.4, 0.5) is 5.95 Å². The molecule has 6 heteroatoms. The van der Waals surface area contributed by atoms with Crippen molar-refractivity contribution in [3.8, 4) is 11.8 Å². The van der Waals surface area contributed by atoms with Crippen LogP contribution in [0.1, 0.15) is 6.42 Å². The largest absolute Gasteiger partial charge is 0.481 e. The number of hydrogen-bond donors (Lipinski definition) is 0. The lowest BCUT2D eigenvalue weighted by Crippen LogP contribution is -2.30. The SMILES string of the molecule is COc1cc(OC)nc(N2CCCN(C)CC2)n1. The van der Waals surface area contributed by atoms with Crippen molar-refractivity contribution < 1.29 is 9.47 Å². The predicted octanol–water partition coefficient (Wildman–Crippen LogP) is 0.636. The first kappa shape index (κ1) is 12.9. The zero-order chi connectivity index (χ0) is 13.0.